The average molecular weight is 308 g/mol. The van der Waals surface area contributed by atoms with Gasteiger partial charge in [0.1, 0.15) is 0 Å². The van der Waals surface area contributed by atoms with E-state index in [9.17, 15) is 9.90 Å². The van der Waals surface area contributed by atoms with Gasteiger partial charge in [-0.25, -0.2) is 0 Å². The van der Waals surface area contributed by atoms with Crippen LogP contribution in [0.2, 0.25) is 0 Å². The maximum absolute atomic E-state index is 11.7. The smallest absolute Gasteiger partial charge is 0.222 e. The lowest BCUT2D eigenvalue weighted by Crippen LogP contribution is -2.43. The monoisotopic (exact) mass is 308 g/mol. The van der Waals surface area contributed by atoms with Crippen LogP contribution in [0.1, 0.15) is 64.2 Å². The molecule has 4 heteroatoms. The van der Waals surface area contributed by atoms with Gasteiger partial charge in [0, 0.05) is 32.1 Å². The second kappa shape index (κ2) is 7.78. The first kappa shape index (κ1) is 16.3. The molecule has 0 bridgehead atoms. The molecule has 2 unspecified atom stereocenters. The Morgan fingerprint density at radius 3 is 2.55 bits per heavy atom. The molecule has 1 amide bonds. The minimum atomic E-state index is -0.381. The molecule has 0 spiro atoms. The number of carbonyl (C=O) groups excluding carboxylic acids is 1. The number of aliphatic hydroxyl groups is 1. The Bertz CT molecular complexity index is 368. The van der Waals surface area contributed by atoms with Crippen LogP contribution in [0, 0.1) is 5.92 Å². The van der Waals surface area contributed by atoms with E-state index in [0.717, 1.165) is 32.0 Å². The molecule has 0 aromatic rings. The van der Waals surface area contributed by atoms with Crippen molar-refractivity contribution in [2.45, 2.75) is 76.4 Å². The number of carbonyl (C=O) groups is 1. The van der Waals surface area contributed by atoms with E-state index in [4.69, 9.17) is 0 Å². The zero-order valence-electron chi connectivity index (χ0n) is 13.9. The van der Waals surface area contributed by atoms with Crippen LogP contribution in [-0.2, 0) is 4.79 Å². The van der Waals surface area contributed by atoms with E-state index in [2.05, 4.69) is 4.90 Å². The number of nitrogens with zero attached hydrogens (tertiary/aromatic N) is 2. The number of aliphatic hydroxyl groups excluding tert-OH is 1. The Hall–Kier alpha value is -0.610. The van der Waals surface area contributed by atoms with E-state index in [1.165, 1.54) is 51.4 Å². The highest BCUT2D eigenvalue weighted by Crippen LogP contribution is 2.32. The van der Waals surface area contributed by atoms with Crippen LogP contribution in [0.15, 0.2) is 0 Å². The summed E-state index contributed by atoms with van der Waals surface area (Å²) in [6.45, 7) is 3.25. The highest BCUT2D eigenvalue weighted by atomic mass is 16.3. The zero-order valence-corrected chi connectivity index (χ0v) is 13.9. The van der Waals surface area contributed by atoms with Crippen molar-refractivity contribution >= 4 is 5.91 Å². The molecule has 3 rings (SSSR count). The molecule has 22 heavy (non-hydrogen) atoms. The Balaban J connectivity index is 1.44. The summed E-state index contributed by atoms with van der Waals surface area (Å²) in [5.74, 6) is 1.14. The molecule has 0 radical (unpaired) electrons. The number of amides is 1. The van der Waals surface area contributed by atoms with Crippen molar-refractivity contribution < 1.29 is 9.90 Å². The average Bonchev–Trinajstić information content (AvgIpc) is 3.10. The van der Waals surface area contributed by atoms with Gasteiger partial charge in [-0.05, 0) is 38.1 Å². The minimum absolute atomic E-state index is 0.222. The fraction of sp³-hybridized carbons (Fsp3) is 0.944. The first-order valence-electron chi connectivity index (χ1n) is 9.42. The van der Waals surface area contributed by atoms with Crippen LogP contribution in [0.4, 0.5) is 0 Å². The summed E-state index contributed by atoms with van der Waals surface area (Å²) in [6.07, 6.45) is 12.2. The van der Waals surface area contributed by atoms with Gasteiger partial charge in [-0.1, -0.05) is 32.1 Å². The van der Waals surface area contributed by atoms with E-state index in [-0.39, 0.29) is 12.0 Å². The zero-order chi connectivity index (χ0) is 15.4. The third-order valence-electron chi connectivity index (χ3n) is 5.88. The molecule has 2 heterocycles. The summed E-state index contributed by atoms with van der Waals surface area (Å²) in [5, 5.41) is 10.4. The van der Waals surface area contributed by atoms with E-state index in [1.54, 1.807) is 0 Å². The van der Waals surface area contributed by atoms with Gasteiger partial charge in [0.2, 0.25) is 5.91 Å². The SMILES string of the molecule is O=C1CCCN1CC(O)CN1CCCC1CC1CCCCC1. The van der Waals surface area contributed by atoms with Gasteiger partial charge in [0.25, 0.3) is 0 Å². The van der Waals surface area contributed by atoms with Gasteiger partial charge in [-0.2, -0.15) is 0 Å². The predicted molar refractivity (Wildman–Crippen MR) is 87.6 cm³/mol. The maximum Gasteiger partial charge on any atom is 0.222 e. The first-order chi connectivity index (χ1) is 10.7. The molecule has 2 atom stereocenters. The van der Waals surface area contributed by atoms with Gasteiger partial charge < -0.3 is 10.0 Å². The van der Waals surface area contributed by atoms with Crippen LogP contribution in [0.3, 0.4) is 0 Å². The molecule has 0 aromatic heterocycles. The van der Waals surface area contributed by atoms with Crippen LogP contribution in [0.5, 0.6) is 0 Å². The summed E-state index contributed by atoms with van der Waals surface area (Å²) in [5.41, 5.74) is 0. The van der Waals surface area contributed by atoms with Crippen molar-refractivity contribution in [3.05, 3.63) is 0 Å². The molecule has 1 N–H and O–H groups in total. The molecule has 3 aliphatic rings. The molecule has 1 saturated carbocycles. The molecular formula is C18H32N2O2. The van der Waals surface area contributed by atoms with E-state index in [1.807, 2.05) is 4.90 Å². The number of rotatable bonds is 6. The molecule has 3 fully saturated rings. The Morgan fingerprint density at radius 1 is 1.00 bits per heavy atom. The van der Waals surface area contributed by atoms with Crippen molar-refractivity contribution in [2.24, 2.45) is 5.92 Å². The van der Waals surface area contributed by atoms with Gasteiger partial charge in [-0.3, -0.25) is 9.69 Å². The quantitative estimate of drug-likeness (QED) is 0.819. The topological polar surface area (TPSA) is 43.8 Å². The first-order valence-corrected chi connectivity index (χ1v) is 9.42. The predicted octanol–water partition coefficient (Wildman–Crippen LogP) is 2.40. The van der Waals surface area contributed by atoms with Crippen molar-refractivity contribution in [3.63, 3.8) is 0 Å². The number of hydrogen-bond donors (Lipinski definition) is 1. The molecule has 126 valence electrons. The molecule has 0 aromatic carbocycles. The highest BCUT2D eigenvalue weighted by molar-refractivity contribution is 5.78. The summed E-state index contributed by atoms with van der Waals surface area (Å²) >= 11 is 0. The second-order valence-electron chi connectivity index (χ2n) is 7.63. The van der Waals surface area contributed by atoms with Crippen LogP contribution in [0.25, 0.3) is 0 Å². The van der Waals surface area contributed by atoms with Crippen molar-refractivity contribution in [3.8, 4) is 0 Å². The lowest BCUT2D eigenvalue weighted by atomic mass is 9.84. The van der Waals surface area contributed by atoms with Gasteiger partial charge in [-0.15, -0.1) is 0 Å². The van der Waals surface area contributed by atoms with E-state index >= 15 is 0 Å². The minimum Gasteiger partial charge on any atom is -0.390 e. The Kier molecular flexibility index (Phi) is 5.75. The molecule has 4 nitrogen and oxygen atoms in total. The Morgan fingerprint density at radius 2 is 1.82 bits per heavy atom. The van der Waals surface area contributed by atoms with E-state index in [0.29, 0.717) is 19.0 Å². The second-order valence-corrected chi connectivity index (χ2v) is 7.63. The number of hydrogen-bond acceptors (Lipinski definition) is 3. The van der Waals surface area contributed by atoms with Crippen LogP contribution < -0.4 is 0 Å². The number of β-amino-alcohol motifs (C(OH)–C–C–N with tert-alkyl or cyclic N) is 1. The standard InChI is InChI=1S/C18H32N2O2/c21-17(14-20-11-5-9-18(20)22)13-19-10-4-8-16(19)12-15-6-2-1-3-7-15/h15-17,21H,1-14H2. The van der Waals surface area contributed by atoms with Crippen LogP contribution in [-0.4, -0.2) is 59.1 Å². The fourth-order valence-corrected chi connectivity index (χ4v) is 4.69. The third kappa shape index (κ3) is 4.23. The Labute approximate surface area is 134 Å². The van der Waals surface area contributed by atoms with Crippen molar-refractivity contribution in [1.29, 1.82) is 0 Å². The third-order valence-corrected chi connectivity index (χ3v) is 5.88. The van der Waals surface area contributed by atoms with Gasteiger partial charge >= 0.3 is 0 Å². The highest BCUT2D eigenvalue weighted by Gasteiger charge is 2.30. The normalized spacial score (nSPS) is 29.4. The molecule has 1 aliphatic carbocycles. The molecule has 2 aliphatic heterocycles. The largest absolute Gasteiger partial charge is 0.390 e. The van der Waals surface area contributed by atoms with Crippen LogP contribution >= 0.6 is 0 Å². The van der Waals surface area contributed by atoms with Crippen molar-refractivity contribution in [2.75, 3.05) is 26.2 Å². The lowest BCUT2D eigenvalue weighted by molar-refractivity contribution is -0.129. The number of likely N-dealkylation sites (tertiary alicyclic amines) is 2. The fourth-order valence-electron chi connectivity index (χ4n) is 4.69. The molecular weight excluding hydrogens is 276 g/mol. The summed E-state index contributed by atoms with van der Waals surface area (Å²) in [7, 11) is 0. The maximum atomic E-state index is 11.7. The lowest BCUT2D eigenvalue weighted by Gasteiger charge is -2.32. The summed E-state index contributed by atoms with van der Waals surface area (Å²) in [6, 6.07) is 0.673. The van der Waals surface area contributed by atoms with Gasteiger partial charge in [0.05, 0.1) is 6.10 Å². The molecule has 2 saturated heterocycles. The summed E-state index contributed by atoms with van der Waals surface area (Å²) < 4.78 is 0. The van der Waals surface area contributed by atoms with Crippen molar-refractivity contribution in [1.82, 2.24) is 9.80 Å². The van der Waals surface area contributed by atoms with E-state index < -0.39 is 0 Å². The summed E-state index contributed by atoms with van der Waals surface area (Å²) in [4.78, 5) is 16.0. The van der Waals surface area contributed by atoms with Gasteiger partial charge in [0.15, 0.2) is 0 Å².